The average molecular weight is 309 g/mol. The summed E-state index contributed by atoms with van der Waals surface area (Å²) in [7, 11) is -3.79. The number of hydrogen-bond donors (Lipinski definition) is 2. The molecule has 0 saturated heterocycles. The van der Waals surface area contributed by atoms with Gasteiger partial charge in [-0.2, -0.15) is 5.10 Å². The molecule has 8 nitrogen and oxygen atoms in total. The molecule has 0 radical (unpaired) electrons. The van der Waals surface area contributed by atoms with E-state index in [9.17, 15) is 13.2 Å². The minimum Gasteiger partial charge on any atom is -0.482 e. The number of aliphatic carboxylic acids is 1. The van der Waals surface area contributed by atoms with Gasteiger partial charge in [-0.3, -0.25) is 4.72 Å². The molecule has 21 heavy (non-hydrogen) atoms. The number of aromatic nitrogens is 2. The Morgan fingerprint density at radius 1 is 1.24 bits per heavy atom. The molecule has 2 aromatic rings. The number of benzene rings is 1. The van der Waals surface area contributed by atoms with Crippen LogP contribution in [-0.4, -0.2) is 36.3 Å². The molecular formula is C12H11N3O5S. The normalized spacial score (nSPS) is 10.9. The summed E-state index contributed by atoms with van der Waals surface area (Å²) in [6.07, 6.45) is 1.42. The Hall–Kier alpha value is -2.68. The van der Waals surface area contributed by atoms with Crippen LogP contribution < -0.4 is 9.46 Å². The van der Waals surface area contributed by atoms with Gasteiger partial charge >= 0.3 is 5.97 Å². The molecule has 0 spiro atoms. The summed E-state index contributed by atoms with van der Waals surface area (Å²) < 4.78 is 31.3. The lowest BCUT2D eigenvalue weighted by Gasteiger charge is -2.07. The molecule has 0 saturated carbocycles. The van der Waals surface area contributed by atoms with E-state index in [4.69, 9.17) is 9.84 Å². The summed E-state index contributed by atoms with van der Waals surface area (Å²) >= 11 is 0. The Kier molecular flexibility index (Phi) is 4.33. The van der Waals surface area contributed by atoms with Crippen molar-refractivity contribution in [3.63, 3.8) is 0 Å². The Bertz CT molecular complexity index is 716. The number of nitrogens with one attached hydrogen (secondary N) is 1. The highest BCUT2D eigenvalue weighted by molar-refractivity contribution is 7.92. The number of nitrogens with zero attached hydrogens (tertiary/aromatic N) is 2. The predicted molar refractivity (Wildman–Crippen MR) is 72.4 cm³/mol. The van der Waals surface area contributed by atoms with E-state index < -0.39 is 22.6 Å². The second-order valence-electron chi connectivity index (χ2n) is 3.87. The predicted octanol–water partition coefficient (Wildman–Crippen LogP) is 0.741. The highest BCUT2D eigenvalue weighted by atomic mass is 32.2. The zero-order valence-corrected chi connectivity index (χ0v) is 11.4. The first-order valence-corrected chi connectivity index (χ1v) is 7.21. The molecule has 0 atom stereocenters. The third-order valence-corrected chi connectivity index (χ3v) is 3.68. The van der Waals surface area contributed by atoms with Gasteiger partial charge < -0.3 is 9.84 Å². The van der Waals surface area contributed by atoms with Crippen molar-refractivity contribution in [1.82, 2.24) is 10.2 Å². The fourth-order valence-electron chi connectivity index (χ4n) is 1.41. The maximum Gasteiger partial charge on any atom is 0.341 e. The standard InChI is InChI=1S/C12H11N3O5S/c16-12(17)8-20-9-3-5-10(6-4-9)21(18,19)15-11-2-1-7-13-14-11/h1-7H,8H2,(H,14,15)(H,16,17). The van der Waals surface area contributed by atoms with Crippen molar-refractivity contribution < 1.29 is 23.1 Å². The maximum atomic E-state index is 12.1. The molecule has 9 heteroatoms. The van der Waals surface area contributed by atoms with Crippen LogP contribution in [0.4, 0.5) is 5.82 Å². The summed E-state index contributed by atoms with van der Waals surface area (Å²) in [6.45, 7) is -0.496. The maximum absolute atomic E-state index is 12.1. The molecule has 0 aliphatic carbocycles. The lowest BCUT2D eigenvalue weighted by Crippen LogP contribution is -2.14. The van der Waals surface area contributed by atoms with Crippen LogP contribution in [0.15, 0.2) is 47.5 Å². The summed E-state index contributed by atoms with van der Waals surface area (Å²) in [5.74, 6) is -0.754. The number of carboxylic acid groups (broad SMARTS) is 1. The Balaban J connectivity index is 2.12. The number of carbonyl (C=O) groups is 1. The first-order valence-electron chi connectivity index (χ1n) is 5.72. The minimum atomic E-state index is -3.79. The van der Waals surface area contributed by atoms with E-state index in [-0.39, 0.29) is 16.5 Å². The lowest BCUT2D eigenvalue weighted by atomic mass is 10.3. The summed E-state index contributed by atoms with van der Waals surface area (Å²) in [5.41, 5.74) is 0. The van der Waals surface area contributed by atoms with Crippen LogP contribution in [0.5, 0.6) is 5.75 Å². The third-order valence-electron chi connectivity index (χ3n) is 2.31. The first kappa shape index (κ1) is 14.7. The van der Waals surface area contributed by atoms with Crippen molar-refractivity contribution in [1.29, 1.82) is 0 Å². The van der Waals surface area contributed by atoms with Crippen molar-refractivity contribution in [2.75, 3.05) is 11.3 Å². The number of rotatable bonds is 6. The van der Waals surface area contributed by atoms with E-state index >= 15 is 0 Å². The van der Waals surface area contributed by atoms with Crippen molar-refractivity contribution in [2.45, 2.75) is 4.90 Å². The summed E-state index contributed by atoms with van der Waals surface area (Å²) in [4.78, 5) is 10.4. The molecule has 0 bridgehead atoms. The molecular weight excluding hydrogens is 298 g/mol. The first-order chi connectivity index (χ1) is 9.97. The number of carboxylic acids is 1. The van der Waals surface area contributed by atoms with E-state index in [2.05, 4.69) is 14.9 Å². The van der Waals surface area contributed by atoms with Gasteiger partial charge in [-0.25, -0.2) is 13.2 Å². The monoisotopic (exact) mass is 309 g/mol. The molecule has 2 N–H and O–H groups in total. The highest BCUT2D eigenvalue weighted by Gasteiger charge is 2.15. The van der Waals surface area contributed by atoms with Gasteiger partial charge in [0, 0.05) is 6.20 Å². The molecule has 1 aromatic heterocycles. The van der Waals surface area contributed by atoms with Crippen LogP contribution in [0, 0.1) is 0 Å². The van der Waals surface area contributed by atoms with Crippen molar-refractivity contribution in [3.05, 3.63) is 42.6 Å². The van der Waals surface area contributed by atoms with Crippen LogP contribution in [0.2, 0.25) is 0 Å². The van der Waals surface area contributed by atoms with E-state index in [1.807, 2.05) is 0 Å². The van der Waals surface area contributed by atoms with Crippen LogP contribution in [0.3, 0.4) is 0 Å². The lowest BCUT2D eigenvalue weighted by molar-refractivity contribution is -0.139. The van der Waals surface area contributed by atoms with Crippen LogP contribution in [0.1, 0.15) is 0 Å². The van der Waals surface area contributed by atoms with E-state index in [1.165, 1.54) is 36.5 Å². The fraction of sp³-hybridized carbons (Fsp3) is 0.0833. The minimum absolute atomic E-state index is 0.00386. The zero-order chi connectivity index (χ0) is 15.3. The molecule has 0 unspecified atom stereocenters. The average Bonchev–Trinajstić information content (AvgIpc) is 2.46. The van der Waals surface area contributed by atoms with Gasteiger partial charge in [-0.1, -0.05) is 0 Å². The van der Waals surface area contributed by atoms with Gasteiger partial charge in [0.15, 0.2) is 12.4 Å². The van der Waals surface area contributed by atoms with Crippen LogP contribution >= 0.6 is 0 Å². The van der Waals surface area contributed by atoms with Crippen molar-refractivity contribution >= 4 is 21.8 Å². The summed E-state index contributed by atoms with van der Waals surface area (Å²) in [6, 6.07) is 8.36. The topological polar surface area (TPSA) is 118 Å². The highest BCUT2D eigenvalue weighted by Crippen LogP contribution is 2.18. The summed E-state index contributed by atoms with van der Waals surface area (Å²) in [5, 5.41) is 15.7. The number of anilines is 1. The van der Waals surface area contributed by atoms with Gasteiger partial charge in [0.05, 0.1) is 4.90 Å². The quantitative estimate of drug-likeness (QED) is 0.807. The molecule has 0 amide bonds. The number of hydrogen-bond acceptors (Lipinski definition) is 6. The molecule has 2 rings (SSSR count). The van der Waals surface area contributed by atoms with Gasteiger partial charge in [-0.15, -0.1) is 5.10 Å². The van der Waals surface area contributed by atoms with Crippen molar-refractivity contribution in [2.24, 2.45) is 0 Å². The smallest absolute Gasteiger partial charge is 0.341 e. The fourth-order valence-corrected chi connectivity index (χ4v) is 2.41. The molecule has 0 aliphatic heterocycles. The molecule has 110 valence electrons. The third kappa shape index (κ3) is 4.14. The Labute approximate surface area is 120 Å². The van der Waals surface area contributed by atoms with Crippen LogP contribution in [0.25, 0.3) is 0 Å². The van der Waals surface area contributed by atoms with Gasteiger partial charge in [-0.05, 0) is 36.4 Å². The molecule has 0 fully saturated rings. The SMILES string of the molecule is O=C(O)COc1ccc(S(=O)(=O)Nc2cccnn2)cc1. The molecule has 1 heterocycles. The van der Waals surface area contributed by atoms with E-state index in [1.54, 1.807) is 6.07 Å². The van der Waals surface area contributed by atoms with Gasteiger partial charge in [0.25, 0.3) is 10.0 Å². The Morgan fingerprint density at radius 3 is 2.52 bits per heavy atom. The zero-order valence-electron chi connectivity index (χ0n) is 10.6. The largest absolute Gasteiger partial charge is 0.482 e. The van der Waals surface area contributed by atoms with E-state index in [0.29, 0.717) is 0 Å². The number of sulfonamides is 1. The van der Waals surface area contributed by atoms with Gasteiger partial charge in [0.1, 0.15) is 5.75 Å². The van der Waals surface area contributed by atoms with Crippen LogP contribution in [-0.2, 0) is 14.8 Å². The second kappa shape index (κ2) is 6.18. The Morgan fingerprint density at radius 2 is 1.95 bits per heavy atom. The number of ether oxygens (including phenoxy) is 1. The second-order valence-corrected chi connectivity index (χ2v) is 5.55. The van der Waals surface area contributed by atoms with Crippen molar-refractivity contribution in [3.8, 4) is 5.75 Å². The molecule has 1 aromatic carbocycles. The van der Waals surface area contributed by atoms with E-state index in [0.717, 1.165) is 0 Å². The molecule has 0 aliphatic rings. The van der Waals surface area contributed by atoms with Gasteiger partial charge in [0.2, 0.25) is 0 Å².